The predicted molar refractivity (Wildman–Crippen MR) is 111 cm³/mol. The number of carbonyl (C=O) groups excluding carboxylic acids is 1. The molecular weight excluding hydrogens is 348 g/mol. The smallest absolute Gasteiger partial charge is 0.220 e. The van der Waals surface area contributed by atoms with Gasteiger partial charge in [0.15, 0.2) is 0 Å². The summed E-state index contributed by atoms with van der Waals surface area (Å²) >= 11 is 0. The fourth-order valence-corrected chi connectivity index (χ4v) is 3.98. The Kier molecular flexibility index (Phi) is 6.79. The lowest BCUT2D eigenvalue weighted by Gasteiger charge is -2.35. The van der Waals surface area contributed by atoms with Gasteiger partial charge in [0.25, 0.3) is 0 Å². The van der Waals surface area contributed by atoms with Crippen LogP contribution in [-0.4, -0.2) is 20.8 Å². The van der Waals surface area contributed by atoms with Crippen LogP contribution in [0, 0.1) is 18.9 Å². The van der Waals surface area contributed by atoms with E-state index in [-0.39, 0.29) is 11.8 Å². The normalized spacial score (nSPS) is 16.0. The minimum absolute atomic E-state index is 0.00302. The zero-order valence-electron chi connectivity index (χ0n) is 17.2. The van der Waals surface area contributed by atoms with Gasteiger partial charge in [0, 0.05) is 37.4 Å². The highest BCUT2D eigenvalue weighted by Crippen LogP contribution is 2.35. The number of primary amides is 1. The van der Waals surface area contributed by atoms with Gasteiger partial charge in [-0.25, -0.2) is 0 Å². The molecule has 2 heterocycles. The van der Waals surface area contributed by atoms with Gasteiger partial charge in [0.05, 0.1) is 11.4 Å². The summed E-state index contributed by atoms with van der Waals surface area (Å²) in [5, 5.41) is 0. The largest absolute Gasteiger partial charge is 0.369 e. The molecule has 2 N–H and O–H groups in total. The summed E-state index contributed by atoms with van der Waals surface area (Å²) in [7, 11) is 0. The monoisotopic (exact) mass is 379 g/mol. The molecule has 1 aliphatic carbocycles. The van der Waals surface area contributed by atoms with E-state index in [1.807, 2.05) is 24.5 Å². The summed E-state index contributed by atoms with van der Waals surface area (Å²) in [6.45, 7) is 8.05. The lowest BCUT2D eigenvalue weighted by atomic mass is 9.84. The lowest BCUT2D eigenvalue weighted by Crippen LogP contribution is -2.35. The number of hydrogen-bond acceptors (Lipinski definition) is 4. The number of carbonyl (C=O) groups is 1. The fourth-order valence-electron chi connectivity index (χ4n) is 3.98. The van der Waals surface area contributed by atoms with Crippen molar-refractivity contribution >= 4 is 5.91 Å². The van der Waals surface area contributed by atoms with Crippen molar-refractivity contribution in [2.75, 3.05) is 0 Å². The molecule has 0 atom stereocenters. The summed E-state index contributed by atoms with van der Waals surface area (Å²) in [6.07, 6.45) is 7.21. The maximum absolute atomic E-state index is 11.6. The first-order chi connectivity index (χ1) is 13.5. The molecule has 1 fully saturated rings. The van der Waals surface area contributed by atoms with Crippen LogP contribution in [0.3, 0.4) is 0 Å². The number of rotatable bonds is 7. The second-order valence-corrected chi connectivity index (χ2v) is 8.06. The molecule has 1 saturated carbocycles. The average molecular weight is 380 g/mol. The summed E-state index contributed by atoms with van der Waals surface area (Å²) in [5.74, 6) is 0.263. The maximum atomic E-state index is 11.6. The van der Waals surface area contributed by atoms with E-state index < -0.39 is 0 Å². The van der Waals surface area contributed by atoms with Crippen molar-refractivity contribution in [3.05, 3.63) is 65.2 Å². The number of pyridine rings is 2. The van der Waals surface area contributed by atoms with Gasteiger partial charge in [-0.1, -0.05) is 26.0 Å². The standard InChI is InChI=1S/C23H31N4O/c1-16(2)20-7-5-13-26-22(20)15-27(14-21-17(3)6-4-12-25-21)19-10-8-18(9-11-19)23(24)28/h4-7,12-13,16,18H,8-11,14-15H2,1-3H3,(H2,24,28). The zero-order chi connectivity index (χ0) is 20.1. The molecule has 28 heavy (non-hydrogen) atoms. The third-order valence-corrected chi connectivity index (χ3v) is 5.76. The molecule has 0 bridgehead atoms. The highest BCUT2D eigenvalue weighted by atomic mass is 16.1. The molecule has 1 aliphatic rings. The van der Waals surface area contributed by atoms with Crippen LogP contribution < -0.4 is 5.73 Å². The molecule has 0 spiro atoms. The minimum atomic E-state index is -0.169. The second-order valence-electron chi connectivity index (χ2n) is 8.06. The van der Waals surface area contributed by atoms with E-state index in [1.54, 1.807) is 0 Å². The Morgan fingerprint density at radius 3 is 2.32 bits per heavy atom. The first-order valence-electron chi connectivity index (χ1n) is 10.2. The Bertz CT molecular complexity index is 797. The van der Waals surface area contributed by atoms with Gasteiger partial charge in [0.1, 0.15) is 0 Å². The van der Waals surface area contributed by atoms with E-state index in [1.165, 1.54) is 17.2 Å². The number of hydrogen-bond donors (Lipinski definition) is 1. The zero-order valence-corrected chi connectivity index (χ0v) is 17.2. The van der Waals surface area contributed by atoms with Crippen LogP contribution in [0.15, 0.2) is 36.7 Å². The average Bonchev–Trinajstić information content (AvgIpc) is 2.69. The number of aryl methyl sites for hydroxylation is 1. The van der Waals surface area contributed by atoms with Gasteiger partial charge in [-0.05, 0) is 61.8 Å². The number of amides is 1. The van der Waals surface area contributed by atoms with Gasteiger partial charge in [-0.3, -0.25) is 19.7 Å². The summed E-state index contributed by atoms with van der Waals surface area (Å²) in [4.78, 5) is 23.3. The second kappa shape index (κ2) is 9.28. The van der Waals surface area contributed by atoms with Crippen LogP contribution in [0.4, 0.5) is 0 Å². The van der Waals surface area contributed by atoms with Crippen molar-refractivity contribution in [1.82, 2.24) is 14.9 Å². The van der Waals surface area contributed by atoms with Gasteiger partial charge in [-0.2, -0.15) is 0 Å². The van der Waals surface area contributed by atoms with Crippen molar-refractivity contribution in [3.8, 4) is 0 Å². The molecular formula is C23H31N4O. The van der Waals surface area contributed by atoms with Gasteiger partial charge >= 0.3 is 0 Å². The van der Waals surface area contributed by atoms with E-state index in [2.05, 4.69) is 42.8 Å². The molecule has 0 aromatic carbocycles. The molecule has 5 heteroatoms. The highest BCUT2D eigenvalue weighted by molar-refractivity contribution is 5.76. The molecule has 149 valence electrons. The van der Waals surface area contributed by atoms with Crippen molar-refractivity contribution in [2.24, 2.45) is 11.7 Å². The van der Waals surface area contributed by atoms with Crippen LogP contribution in [0.1, 0.15) is 68.0 Å². The van der Waals surface area contributed by atoms with Crippen LogP contribution >= 0.6 is 0 Å². The van der Waals surface area contributed by atoms with Crippen LogP contribution in [-0.2, 0) is 17.9 Å². The fraction of sp³-hybridized carbons (Fsp3) is 0.478. The van der Waals surface area contributed by atoms with E-state index >= 15 is 0 Å². The van der Waals surface area contributed by atoms with Crippen molar-refractivity contribution in [2.45, 2.75) is 65.5 Å². The van der Waals surface area contributed by atoms with Crippen molar-refractivity contribution < 1.29 is 4.79 Å². The van der Waals surface area contributed by atoms with Crippen molar-refractivity contribution in [3.63, 3.8) is 0 Å². The first kappa shape index (κ1) is 20.5. The van der Waals surface area contributed by atoms with Crippen molar-refractivity contribution in [1.29, 1.82) is 0 Å². The number of nitrogens with zero attached hydrogens (tertiary/aromatic N) is 3. The Hall–Kier alpha value is -2.27. The quantitative estimate of drug-likeness (QED) is 0.785. The molecule has 0 saturated heterocycles. The third kappa shape index (κ3) is 4.96. The Labute approximate surface area is 168 Å². The van der Waals surface area contributed by atoms with E-state index in [4.69, 9.17) is 10.7 Å². The number of aromatic nitrogens is 2. The van der Waals surface area contributed by atoms with Crippen LogP contribution in [0.25, 0.3) is 0 Å². The third-order valence-electron chi connectivity index (χ3n) is 5.76. The summed E-state index contributed by atoms with van der Waals surface area (Å²) in [5.41, 5.74) is 10.2. The highest BCUT2D eigenvalue weighted by Gasteiger charge is 2.30. The molecule has 1 radical (unpaired) electrons. The van der Waals surface area contributed by atoms with Gasteiger partial charge in [0.2, 0.25) is 5.91 Å². The molecule has 2 aromatic rings. The van der Waals surface area contributed by atoms with E-state index in [0.29, 0.717) is 5.92 Å². The molecule has 5 nitrogen and oxygen atoms in total. The predicted octanol–water partition coefficient (Wildman–Crippen LogP) is 4.12. The Morgan fingerprint density at radius 2 is 1.71 bits per heavy atom. The molecule has 1 amide bonds. The van der Waals surface area contributed by atoms with E-state index in [9.17, 15) is 4.79 Å². The van der Waals surface area contributed by atoms with Gasteiger partial charge < -0.3 is 5.73 Å². The Morgan fingerprint density at radius 1 is 1.11 bits per heavy atom. The molecule has 3 rings (SSSR count). The lowest BCUT2D eigenvalue weighted by molar-refractivity contribution is -0.122. The van der Waals surface area contributed by atoms with E-state index in [0.717, 1.165) is 50.2 Å². The summed E-state index contributed by atoms with van der Waals surface area (Å²) < 4.78 is 0. The van der Waals surface area contributed by atoms with Crippen LogP contribution in [0.5, 0.6) is 0 Å². The van der Waals surface area contributed by atoms with Gasteiger partial charge in [-0.15, -0.1) is 0 Å². The molecule has 2 aromatic heterocycles. The summed E-state index contributed by atoms with van der Waals surface area (Å²) in [6, 6.07) is 9.64. The topological polar surface area (TPSA) is 72.1 Å². The Balaban J connectivity index is 1.83. The number of nitrogens with two attached hydrogens (primary N) is 1. The first-order valence-corrected chi connectivity index (χ1v) is 10.2. The maximum Gasteiger partial charge on any atom is 0.220 e. The molecule has 0 aliphatic heterocycles. The minimum Gasteiger partial charge on any atom is -0.369 e. The molecule has 0 unspecified atom stereocenters. The van der Waals surface area contributed by atoms with Crippen LogP contribution in [0.2, 0.25) is 0 Å². The SMILES string of the molecule is Cc1cccnc1CN(Cc1ncccc1C(C)C)[C]1CCC(C(N)=O)CC1.